The molecule has 0 N–H and O–H groups in total. The minimum Gasteiger partial charge on any atom is -0.430 e. The Morgan fingerprint density at radius 2 is 2.00 bits per heavy atom. The number of hydrogen-bond acceptors (Lipinski definition) is 3. The molecule has 3 nitrogen and oxygen atoms in total. The lowest BCUT2D eigenvalue weighted by Crippen LogP contribution is -2.15. The van der Waals surface area contributed by atoms with Crippen molar-refractivity contribution in [2.45, 2.75) is 6.18 Å². The van der Waals surface area contributed by atoms with Crippen LogP contribution in [0.1, 0.15) is 0 Å². The first-order valence-electron chi connectivity index (χ1n) is 2.98. The number of rotatable bonds is 4. The summed E-state index contributed by atoms with van der Waals surface area (Å²) < 4.78 is 65.4. The zero-order chi connectivity index (χ0) is 10.5. The summed E-state index contributed by atoms with van der Waals surface area (Å²) in [4.78, 5) is 0. The van der Waals surface area contributed by atoms with Gasteiger partial charge in [0.1, 0.15) is 12.6 Å². The van der Waals surface area contributed by atoms with Gasteiger partial charge in [0, 0.05) is 7.11 Å². The van der Waals surface area contributed by atoms with E-state index in [1.165, 1.54) is 0 Å². The van der Waals surface area contributed by atoms with Crippen molar-refractivity contribution in [3.05, 3.63) is 12.6 Å². The van der Waals surface area contributed by atoms with Crippen LogP contribution in [0.3, 0.4) is 0 Å². The molecule has 0 amide bonds. The molecular formula is C5H7F4O3P. The summed E-state index contributed by atoms with van der Waals surface area (Å²) in [5.41, 5.74) is 0. The minimum atomic E-state index is -4.68. The molecule has 0 aromatic rings. The third-order valence-corrected chi connectivity index (χ3v) is 2.67. The van der Waals surface area contributed by atoms with Gasteiger partial charge >= 0.3 is 13.8 Å². The molecule has 13 heavy (non-hydrogen) atoms. The van der Waals surface area contributed by atoms with Crippen LogP contribution in [0, 0.1) is 0 Å². The Kier molecular flexibility index (Phi) is 4.43. The van der Waals surface area contributed by atoms with E-state index in [0.29, 0.717) is 0 Å². The fourth-order valence-electron chi connectivity index (χ4n) is 0.480. The molecule has 0 spiro atoms. The largest absolute Gasteiger partial charge is 0.430 e. The predicted octanol–water partition coefficient (Wildman–Crippen LogP) is 2.85. The fraction of sp³-hybridized carbons (Fsp3) is 0.600. The van der Waals surface area contributed by atoms with Gasteiger partial charge in [-0.25, -0.2) is 8.96 Å². The first kappa shape index (κ1) is 12.4. The van der Waals surface area contributed by atoms with Crippen LogP contribution < -0.4 is 0 Å². The maximum Gasteiger partial charge on any atom is 0.401 e. The van der Waals surface area contributed by atoms with Gasteiger partial charge in [-0.2, -0.15) is 13.2 Å². The summed E-state index contributed by atoms with van der Waals surface area (Å²) in [6.45, 7) is 0. The molecule has 0 radical (unpaired) electrons. The van der Waals surface area contributed by atoms with Crippen LogP contribution in [-0.4, -0.2) is 19.4 Å². The van der Waals surface area contributed by atoms with Gasteiger partial charge in [-0.15, -0.1) is 0 Å². The van der Waals surface area contributed by atoms with Gasteiger partial charge in [-0.05, 0) is 0 Å². The molecular weight excluding hydrogens is 215 g/mol. The van der Waals surface area contributed by atoms with E-state index in [1.807, 2.05) is 0 Å². The van der Waals surface area contributed by atoms with Crippen LogP contribution in [0.15, 0.2) is 12.6 Å². The monoisotopic (exact) mass is 222 g/mol. The van der Waals surface area contributed by atoms with Gasteiger partial charge in [-0.3, -0.25) is 0 Å². The average molecular weight is 222 g/mol. The molecule has 0 saturated heterocycles. The van der Waals surface area contributed by atoms with Gasteiger partial charge in [0.05, 0.1) is 0 Å². The summed E-state index contributed by atoms with van der Waals surface area (Å²) in [6, 6.07) is 0. The van der Waals surface area contributed by atoms with E-state index < -0.39 is 19.9 Å². The Bertz CT molecular complexity index is 224. The van der Waals surface area contributed by atoms with Crippen molar-refractivity contribution in [1.82, 2.24) is 0 Å². The van der Waals surface area contributed by atoms with Crippen LogP contribution in [0.5, 0.6) is 0 Å². The van der Waals surface area contributed by atoms with Crippen LogP contribution in [0.25, 0.3) is 0 Å². The normalized spacial score (nSPS) is 17.3. The third kappa shape index (κ3) is 5.65. The van der Waals surface area contributed by atoms with Crippen LogP contribution >= 0.6 is 7.60 Å². The van der Waals surface area contributed by atoms with Crippen molar-refractivity contribution in [2.24, 2.45) is 0 Å². The first-order valence-corrected chi connectivity index (χ1v) is 4.71. The maximum absolute atomic E-state index is 11.7. The van der Waals surface area contributed by atoms with Gasteiger partial charge < -0.3 is 9.05 Å². The molecule has 0 rings (SSSR count). The van der Waals surface area contributed by atoms with E-state index >= 15 is 0 Å². The van der Waals surface area contributed by atoms with Crippen molar-refractivity contribution < 1.29 is 31.2 Å². The molecule has 8 heteroatoms. The molecule has 0 bridgehead atoms. The summed E-state index contributed by atoms with van der Waals surface area (Å²) in [7, 11) is -3.50. The lowest BCUT2D eigenvalue weighted by Gasteiger charge is -2.15. The lowest BCUT2D eigenvalue weighted by atomic mass is 10.8. The molecule has 0 aromatic carbocycles. The molecule has 0 saturated carbocycles. The van der Waals surface area contributed by atoms with E-state index in [9.17, 15) is 22.1 Å². The first-order chi connectivity index (χ1) is 5.83. The minimum absolute atomic E-state index is 0.179. The highest BCUT2D eigenvalue weighted by Gasteiger charge is 2.41. The highest BCUT2D eigenvalue weighted by Crippen LogP contribution is 2.51. The standard InChI is InChI=1S/C5H7F4O3P/c1-11-13(10,12-3-2-6)4-5(7,8)9/h2-3H,4H2,1H3. The molecule has 0 fully saturated rings. The highest BCUT2D eigenvalue weighted by molar-refractivity contribution is 7.54. The molecule has 0 aliphatic carbocycles. The van der Waals surface area contributed by atoms with Crippen molar-refractivity contribution in [3.8, 4) is 0 Å². The summed E-state index contributed by atoms with van der Waals surface area (Å²) in [5, 5.41) is 0. The lowest BCUT2D eigenvalue weighted by molar-refractivity contribution is -0.109. The highest BCUT2D eigenvalue weighted by atomic mass is 31.2. The topological polar surface area (TPSA) is 35.5 Å². The second kappa shape index (κ2) is 4.62. The number of hydrogen-bond donors (Lipinski definition) is 0. The molecule has 0 aliphatic heterocycles. The fourth-order valence-corrected chi connectivity index (χ4v) is 1.44. The molecule has 0 heterocycles. The van der Waals surface area contributed by atoms with Gasteiger partial charge in [0.25, 0.3) is 0 Å². The van der Waals surface area contributed by atoms with E-state index in [0.717, 1.165) is 7.11 Å². The number of halogens is 4. The Morgan fingerprint density at radius 3 is 2.31 bits per heavy atom. The molecule has 1 unspecified atom stereocenters. The summed E-state index contributed by atoms with van der Waals surface area (Å²) in [6.07, 6.45) is -6.37. The zero-order valence-electron chi connectivity index (χ0n) is 6.55. The molecule has 0 aliphatic rings. The van der Waals surface area contributed by atoms with Gasteiger partial charge in [0.15, 0.2) is 6.16 Å². The Balaban J connectivity index is 4.38. The van der Waals surface area contributed by atoms with E-state index in [1.54, 1.807) is 0 Å². The van der Waals surface area contributed by atoms with Crippen LogP contribution in [0.4, 0.5) is 17.6 Å². The maximum atomic E-state index is 11.7. The third-order valence-electron chi connectivity index (χ3n) is 0.924. The summed E-state index contributed by atoms with van der Waals surface area (Å²) >= 11 is 0. The van der Waals surface area contributed by atoms with Crippen molar-refractivity contribution in [1.29, 1.82) is 0 Å². The molecule has 78 valence electrons. The van der Waals surface area contributed by atoms with Crippen LogP contribution in [0.2, 0.25) is 0 Å². The van der Waals surface area contributed by atoms with Crippen LogP contribution in [-0.2, 0) is 13.6 Å². The summed E-state index contributed by atoms with van der Waals surface area (Å²) in [5.74, 6) is 0. The Labute approximate surface area is 71.9 Å². The smallest absolute Gasteiger partial charge is 0.401 e. The van der Waals surface area contributed by atoms with Gasteiger partial charge in [0.2, 0.25) is 0 Å². The van der Waals surface area contributed by atoms with E-state index in [-0.39, 0.29) is 12.6 Å². The second-order valence-corrected chi connectivity index (χ2v) is 4.05. The SMILES string of the molecule is COP(=O)(CC(F)(F)F)OC=CF. The average Bonchev–Trinajstić information content (AvgIpc) is 1.98. The quantitative estimate of drug-likeness (QED) is 0.416. The van der Waals surface area contributed by atoms with Crippen molar-refractivity contribution >= 4 is 7.60 Å². The second-order valence-electron chi connectivity index (χ2n) is 1.93. The van der Waals surface area contributed by atoms with Crippen molar-refractivity contribution in [3.63, 3.8) is 0 Å². The van der Waals surface area contributed by atoms with Crippen molar-refractivity contribution in [2.75, 3.05) is 13.3 Å². The predicted molar refractivity (Wildman–Crippen MR) is 36.9 cm³/mol. The van der Waals surface area contributed by atoms with E-state index in [4.69, 9.17) is 0 Å². The molecule has 0 aromatic heterocycles. The Morgan fingerprint density at radius 1 is 1.46 bits per heavy atom. The Hall–Kier alpha value is -0.550. The molecule has 1 atom stereocenters. The van der Waals surface area contributed by atoms with Gasteiger partial charge in [-0.1, -0.05) is 0 Å². The van der Waals surface area contributed by atoms with E-state index in [2.05, 4.69) is 9.05 Å². The zero-order valence-corrected chi connectivity index (χ0v) is 7.44. The number of alkyl halides is 3.